The van der Waals surface area contributed by atoms with Crippen LogP contribution in [0.25, 0.3) is 0 Å². The van der Waals surface area contributed by atoms with E-state index in [0.717, 1.165) is 25.5 Å². The van der Waals surface area contributed by atoms with Gasteiger partial charge in [-0.25, -0.2) is 8.42 Å². The zero-order valence-electron chi connectivity index (χ0n) is 14.6. The fourth-order valence-electron chi connectivity index (χ4n) is 2.82. The van der Waals surface area contributed by atoms with Gasteiger partial charge in [-0.2, -0.15) is 0 Å². The summed E-state index contributed by atoms with van der Waals surface area (Å²) in [6.07, 6.45) is 3.99. The number of carbonyl (C=O) groups is 2. The van der Waals surface area contributed by atoms with E-state index in [9.17, 15) is 18.0 Å². The molecular weight excluding hydrogens is 342 g/mol. The molecule has 0 bridgehead atoms. The van der Waals surface area contributed by atoms with Gasteiger partial charge in [0.1, 0.15) is 0 Å². The van der Waals surface area contributed by atoms with Crippen LogP contribution in [0, 0.1) is 0 Å². The number of carbonyl (C=O) groups excluding carboxylic acids is 2. The Morgan fingerprint density at radius 1 is 1.16 bits per heavy atom. The summed E-state index contributed by atoms with van der Waals surface area (Å²) in [5, 5.41) is 2.98. The molecule has 138 valence electrons. The van der Waals surface area contributed by atoms with Crippen LogP contribution in [0.4, 0.5) is 5.69 Å². The number of amides is 2. The van der Waals surface area contributed by atoms with Gasteiger partial charge in [-0.05, 0) is 43.5 Å². The Hall–Kier alpha value is -2.09. The van der Waals surface area contributed by atoms with E-state index in [0.29, 0.717) is 30.8 Å². The molecule has 0 spiro atoms. The Morgan fingerprint density at radius 2 is 1.76 bits per heavy atom. The molecule has 0 aromatic heterocycles. The van der Waals surface area contributed by atoms with E-state index >= 15 is 0 Å². The molecule has 2 N–H and O–H groups in total. The van der Waals surface area contributed by atoms with Crippen molar-refractivity contribution in [1.29, 1.82) is 0 Å². The Bertz CT molecular complexity index is 708. The highest BCUT2D eigenvalue weighted by molar-refractivity contribution is 7.92. The highest BCUT2D eigenvalue weighted by Crippen LogP contribution is 2.14. The van der Waals surface area contributed by atoms with Gasteiger partial charge in [-0.15, -0.1) is 0 Å². The summed E-state index contributed by atoms with van der Waals surface area (Å²) in [6, 6.07) is 6.34. The van der Waals surface area contributed by atoms with Gasteiger partial charge >= 0.3 is 0 Å². The zero-order chi connectivity index (χ0) is 18.4. The molecule has 1 aromatic carbocycles. The monoisotopic (exact) mass is 367 g/mol. The first-order valence-electron chi connectivity index (χ1n) is 8.45. The molecule has 0 saturated carbocycles. The second-order valence-electron chi connectivity index (χ2n) is 6.33. The molecule has 1 aliphatic rings. The average Bonchev–Trinajstić information content (AvgIpc) is 2.55. The van der Waals surface area contributed by atoms with Crippen molar-refractivity contribution in [3.8, 4) is 0 Å². The number of nitrogens with zero attached hydrogens (tertiary/aromatic N) is 1. The van der Waals surface area contributed by atoms with Gasteiger partial charge in [-0.3, -0.25) is 14.3 Å². The summed E-state index contributed by atoms with van der Waals surface area (Å²) in [5.74, 6) is -0.00881. The van der Waals surface area contributed by atoms with E-state index in [1.807, 2.05) is 11.8 Å². The van der Waals surface area contributed by atoms with Gasteiger partial charge in [0.2, 0.25) is 15.9 Å². The molecule has 7 nitrogen and oxygen atoms in total. The molecule has 2 amide bonds. The number of sulfonamides is 1. The van der Waals surface area contributed by atoms with Gasteiger partial charge in [0.15, 0.2) is 0 Å². The van der Waals surface area contributed by atoms with Gasteiger partial charge < -0.3 is 10.2 Å². The number of piperidine rings is 1. The van der Waals surface area contributed by atoms with Crippen LogP contribution in [0.15, 0.2) is 24.3 Å². The number of rotatable bonds is 6. The first-order valence-corrected chi connectivity index (χ1v) is 10.3. The van der Waals surface area contributed by atoms with Gasteiger partial charge in [-0.1, -0.05) is 6.92 Å². The molecule has 1 saturated heterocycles. The lowest BCUT2D eigenvalue weighted by molar-refractivity contribution is -0.132. The molecule has 0 unspecified atom stereocenters. The molecule has 2 rings (SSSR count). The van der Waals surface area contributed by atoms with Crippen molar-refractivity contribution in [2.45, 2.75) is 38.6 Å². The second kappa shape index (κ2) is 8.33. The number of hydrogen-bond donors (Lipinski definition) is 2. The van der Waals surface area contributed by atoms with E-state index in [4.69, 9.17) is 0 Å². The van der Waals surface area contributed by atoms with Crippen LogP contribution in [-0.4, -0.2) is 50.5 Å². The van der Waals surface area contributed by atoms with Crippen LogP contribution in [0.3, 0.4) is 0 Å². The lowest BCUT2D eigenvalue weighted by atomic mass is 10.0. The number of hydrogen-bond acceptors (Lipinski definition) is 4. The summed E-state index contributed by atoms with van der Waals surface area (Å²) in [5.41, 5.74) is 0.894. The van der Waals surface area contributed by atoms with E-state index in [1.165, 1.54) is 0 Å². The molecule has 1 aliphatic heterocycles. The second-order valence-corrected chi connectivity index (χ2v) is 8.08. The smallest absolute Gasteiger partial charge is 0.251 e. The Kier molecular flexibility index (Phi) is 6.41. The molecule has 1 aromatic rings. The predicted octanol–water partition coefficient (Wildman–Crippen LogP) is 1.58. The van der Waals surface area contributed by atoms with E-state index in [2.05, 4.69) is 10.0 Å². The third-order valence-electron chi connectivity index (χ3n) is 4.10. The first kappa shape index (κ1) is 19.2. The molecule has 25 heavy (non-hydrogen) atoms. The predicted molar refractivity (Wildman–Crippen MR) is 96.9 cm³/mol. The molecule has 1 fully saturated rings. The molecule has 0 radical (unpaired) electrons. The van der Waals surface area contributed by atoms with Gasteiger partial charge in [0.05, 0.1) is 6.26 Å². The van der Waals surface area contributed by atoms with E-state index in [-0.39, 0.29) is 17.9 Å². The Morgan fingerprint density at radius 3 is 2.28 bits per heavy atom. The third kappa shape index (κ3) is 6.04. The molecule has 0 atom stereocenters. The van der Waals surface area contributed by atoms with Crippen molar-refractivity contribution in [3.05, 3.63) is 29.8 Å². The molecule has 1 heterocycles. The number of anilines is 1. The van der Waals surface area contributed by atoms with Crippen molar-refractivity contribution in [1.82, 2.24) is 10.2 Å². The van der Waals surface area contributed by atoms with E-state index in [1.54, 1.807) is 24.3 Å². The maximum absolute atomic E-state index is 12.3. The van der Waals surface area contributed by atoms with Crippen molar-refractivity contribution < 1.29 is 18.0 Å². The van der Waals surface area contributed by atoms with Crippen molar-refractivity contribution in [2.75, 3.05) is 24.1 Å². The highest BCUT2D eigenvalue weighted by atomic mass is 32.2. The van der Waals surface area contributed by atoms with Gasteiger partial charge in [0, 0.05) is 36.8 Å². The maximum atomic E-state index is 12.3. The first-order chi connectivity index (χ1) is 11.8. The normalized spacial score (nSPS) is 15.7. The molecular formula is C17H25N3O4S. The summed E-state index contributed by atoms with van der Waals surface area (Å²) >= 11 is 0. The lowest BCUT2D eigenvalue weighted by Crippen LogP contribution is -2.46. The summed E-state index contributed by atoms with van der Waals surface area (Å²) in [7, 11) is -3.33. The minimum atomic E-state index is -3.33. The third-order valence-corrected chi connectivity index (χ3v) is 4.70. The topological polar surface area (TPSA) is 95.6 Å². The largest absolute Gasteiger partial charge is 0.349 e. The van der Waals surface area contributed by atoms with Crippen LogP contribution in [0.2, 0.25) is 0 Å². The van der Waals surface area contributed by atoms with Crippen molar-refractivity contribution >= 4 is 27.5 Å². The number of benzene rings is 1. The quantitative estimate of drug-likeness (QED) is 0.798. The van der Waals surface area contributed by atoms with Crippen molar-refractivity contribution in [3.63, 3.8) is 0 Å². The van der Waals surface area contributed by atoms with Crippen LogP contribution < -0.4 is 10.0 Å². The Balaban J connectivity index is 1.85. The summed E-state index contributed by atoms with van der Waals surface area (Å²) < 4.78 is 24.7. The number of nitrogens with one attached hydrogen (secondary N) is 2. The minimum Gasteiger partial charge on any atom is -0.349 e. The van der Waals surface area contributed by atoms with E-state index < -0.39 is 10.0 Å². The van der Waals surface area contributed by atoms with Crippen LogP contribution in [-0.2, 0) is 14.8 Å². The average molecular weight is 367 g/mol. The highest BCUT2D eigenvalue weighted by Gasteiger charge is 2.23. The zero-order valence-corrected chi connectivity index (χ0v) is 15.4. The fourth-order valence-corrected chi connectivity index (χ4v) is 3.38. The summed E-state index contributed by atoms with van der Waals surface area (Å²) in [4.78, 5) is 26.0. The summed E-state index contributed by atoms with van der Waals surface area (Å²) in [6.45, 7) is 3.32. The van der Waals surface area contributed by atoms with Crippen molar-refractivity contribution in [2.24, 2.45) is 0 Å². The fraction of sp³-hybridized carbons (Fsp3) is 0.529. The maximum Gasteiger partial charge on any atom is 0.251 e. The standard InChI is InChI=1S/C17H25N3O4S/c1-3-4-16(21)20-11-9-14(10-12-20)18-17(22)13-5-7-15(8-6-13)19-25(2,23)24/h5-8,14,19H,3-4,9-12H2,1-2H3,(H,18,22). The van der Waals surface area contributed by atoms with Crippen LogP contribution in [0.1, 0.15) is 43.0 Å². The number of likely N-dealkylation sites (tertiary alicyclic amines) is 1. The molecule has 0 aliphatic carbocycles. The van der Waals surface area contributed by atoms with Crippen LogP contribution in [0.5, 0.6) is 0 Å². The lowest BCUT2D eigenvalue weighted by Gasteiger charge is -2.32. The molecule has 8 heteroatoms. The Labute approximate surface area is 148 Å². The minimum absolute atomic E-state index is 0.0481. The van der Waals surface area contributed by atoms with Crippen LogP contribution >= 0.6 is 0 Å². The van der Waals surface area contributed by atoms with Gasteiger partial charge in [0.25, 0.3) is 5.91 Å². The SMILES string of the molecule is CCCC(=O)N1CCC(NC(=O)c2ccc(NS(C)(=O)=O)cc2)CC1.